The van der Waals surface area contributed by atoms with Crippen molar-refractivity contribution in [2.24, 2.45) is 0 Å². The van der Waals surface area contributed by atoms with E-state index < -0.39 is 17.7 Å². The van der Waals surface area contributed by atoms with Gasteiger partial charge in [0.05, 0.1) is 19.8 Å². The van der Waals surface area contributed by atoms with E-state index in [2.05, 4.69) is 4.74 Å². The summed E-state index contributed by atoms with van der Waals surface area (Å²) in [5.41, 5.74) is -0.112. The third kappa shape index (κ3) is 5.27. The topological polar surface area (TPSA) is 68.6 Å². The molecule has 0 saturated heterocycles. The molecule has 0 heterocycles. The molecule has 8 heteroatoms. The zero-order chi connectivity index (χ0) is 20.7. The molecule has 146 valence electrons. The second-order valence-corrected chi connectivity index (χ2v) is 5.56. The van der Waals surface area contributed by atoms with Crippen LogP contribution < -0.4 is 9.47 Å². The molecule has 0 radical (unpaired) electrons. The van der Waals surface area contributed by atoms with Gasteiger partial charge in [0.1, 0.15) is 18.2 Å². The Balaban J connectivity index is 2.21. The summed E-state index contributed by atoms with van der Waals surface area (Å²) in [5.74, 6) is -0.178. The maximum atomic E-state index is 12.8. The monoisotopic (exact) mass is 391 g/mol. The van der Waals surface area contributed by atoms with Crippen LogP contribution in [0.5, 0.6) is 11.5 Å². The van der Waals surface area contributed by atoms with Crippen LogP contribution in [0.2, 0.25) is 0 Å². The van der Waals surface area contributed by atoms with Gasteiger partial charge in [-0.1, -0.05) is 18.2 Å². The highest BCUT2D eigenvalue weighted by atomic mass is 19.4. The second kappa shape index (κ2) is 8.95. The van der Waals surface area contributed by atoms with E-state index in [9.17, 15) is 18.0 Å². The van der Waals surface area contributed by atoms with E-state index in [0.717, 1.165) is 12.1 Å². The highest BCUT2D eigenvalue weighted by Crippen LogP contribution is 2.32. The zero-order valence-corrected chi connectivity index (χ0v) is 15.0. The van der Waals surface area contributed by atoms with E-state index in [4.69, 9.17) is 14.7 Å². The molecular formula is C20H16F3NO4. The number of alkyl halides is 3. The van der Waals surface area contributed by atoms with Gasteiger partial charge in [0.2, 0.25) is 0 Å². The van der Waals surface area contributed by atoms with Crippen LogP contribution in [0.3, 0.4) is 0 Å². The van der Waals surface area contributed by atoms with Gasteiger partial charge in [0.15, 0.2) is 11.5 Å². The molecule has 28 heavy (non-hydrogen) atoms. The maximum Gasteiger partial charge on any atom is 0.416 e. The summed E-state index contributed by atoms with van der Waals surface area (Å²) in [5, 5.41) is 9.00. The van der Waals surface area contributed by atoms with Crippen molar-refractivity contribution in [3.8, 4) is 17.6 Å². The Morgan fingerprint density at radius 3 is 2.50 bits per heavy atom. The van der Waals surface area contributed by atoms with Crippen LogP contribution in [-0.2, 0) is 22.3 Å². The molecular weight excluding hydrogens is 375 g/mol. The molecule has 2 rings (SSSR count). The minimum atomic E-state index is -4.43. The fraction of sp³-hybridized carbons (Fsp3) is 0.200. The first kappa shape index (κ1) is 20.8. The van der Waals surface area contributed by atoms with E-state index in [1.54, 1.807) is 12.1 Å². The lowest BCUT2D eigenvalue weighted by Gasteiger charge is -2.13. The summed E-state index contributed by atoms with van der Waals surface area (Å²) in [6.07, 6.45) is -3.11. The lowest BCUT2D eigenvalue weighted by molar-refractivity contribution is -0.138. The molecule has 0 spiro atoms. The molecule has 0 fully saturated rings. The van der Waals surface area contributed by atoms with Crippen molar-refractivity contribution in [1.82, 2.24) is 0 Å². The lowest BCUT2D eigenvalue weighted by atomic mass is 10.1. The van der Waals surface area contributed by atoms with Gasteiger partial charge in [-0.3, -0.25) is 0 Å². The second-order valence-electron chi connectivity index (χ2n) is 5.56. The van der Waals surface area contributed by atoms with Crippen molar-refractivity contribution < 1.29 is 32.2 Å². The summed E-state index contributed by atoms with van der Waals surface area (Å²) in [7, 11) is 2.56. The summed E-state index contributed by atoms with van der Waals surface area (Å²) in [4.78, 5) is 11.5. The van der Waals surface area contributed by atoms with Gasteiger partial charge in [0, 0.05) is 0 Å². The number of carbonyl (C=O) groups is 1. The number of benzene rings is 2. The van der Waals surface area contributed by atoms with Gasteiger partial charge in [-0.05, 0) is 41.5 Å². The summed E-state index contributed by atoms with van der Waals surface area (Å²) >= 11 is 0. The number of carbonyl (C=O) groups excluding carboxylic acids is 1. The molecule has 0 amide bonds. The molecule has 0 saturated carbocycles. The van der Waals surface area contributed by atoms with E-state index in [1.807, 2.05) is 0 Å². The summed E-state index contributed by atoms with van der Waals surface area (Å²) < 4.78 is 53.7. The van der Waals surface area contributed by atoms with Crippen molar-refractivity contribution in [3.63, 3.8) is 0 Å². The normalized spacial score (nSPS) is 11.5. The Bertz CT molecular complexity index is 930. The Morgan fingerprint density at radius 1 is 1.14 bits per heavy atom. The van der Waals surface area contributed by atoms with Crippen LogP contribution in [0.25, 0.3) is 6.08 Å². The molecule has 0 N–H and O–H groups in total. The Hall–Kier alpha value is -3.47. The number of halogens is 3. The van der Waals surface area contributed by atoms with Crippen LogP contribution in [0.4, 0.5) is 13.2 Å². The van der Waals surface area contributed by atoms with Crippen LogP contribution in [-0.4, -0.2) is 20.2 Å². The molecule has 0 aliphatic carbocycles. The van der Waals surface area contributed by atoms with E-state index >= 15 is 0 Å². The highest BCUT2D eigenvalue weighted by Gasteiger charge is 2.30. The molecule has 5 nitrogen and oxygen atoms in total. The van der Waals surface area contributed by atoms with Gasteiger partial charge >= 0.3 is 12.1 Å². The van der Waals surface area contributed by atoms with Gasteiger partial charge in [-0.15, -0.1) is 0 Å². The number of methoxy groups -OCH3 is 2. The molecule has 0 unspecified atom stereocenters. The van der Waals surface area contributed by atoms with Crippen LogP contribution in [0.1, 0.15) is 16.7 Å². The molecule has 0 aliphatic rings. The van der Waals surface area contributed by atoms with Crippen molar-refractivity contribution in [2.75, 3.05) is 14.2 Å². The minimum absolute atomic E-state index is 0.0962. The van der Waals surface area contributed by atoms with Gasteiger partial charge < -0.3 is 14.2 Å². The Kier molecular flexibility index (Phi) is 6.66. The SMILES string of the molecule is COC(=O)C(C#N)=Cc1ccc(OCc2cccc(C(F)(F)F)c2)c(OC)c1. The quantitative estimate of drug-likeness (QED) is 0.415. The van der Waals surface area contributed by atoms with Gasteiger partial charge in [-0.2, -0.15) is 18.4 Å². The van der Waals surface area contributed by atoms with Crippen molar-refractivity contribution in [3.05, 3.63) is 64.7 Å². The van der Waals surface area contributed by atoms with E-state index in [1.165, 1.54) is 44.6 Å². The fourth-order valence-corrected chi connectivity index (χ4v) is 2.31. The predicted octanol–water partition coefficient (Wildman–Crippen LogP) is 4.37. The molecule has 0 atom stereocenters. The first-order valence-electron chi connectivity index (χ1n) is 7.95. The van der Waals surface area contributed by atoms with Gasteiger partial charge in [-0.25, -0.2) is 4.79 Å². The number of nitrogens with zero attached hydrogens (tertiary/aromatic N) is 1. The number of rotatable bonds is 6. The first-order chi connectivity index (χ1) is 13.3. The molecule has 2 aromatic carbocycles. The van der Waals surface area contributed by atoms with Crippen molar-refractivity contribution in [1.29, 1.82) is 5.26 Å². The van der Waals surface area contributed by atoms with E-state index in [0.29, 0.717) is 22.6 Å². The van der Waals surface area contributed by atoms with Crippen LogP contribution in [0, 0.1) is 11.3 Å². The number of ether oxygens (including phenoxy) is 3. The molecule has 0 aromatic heterocycles. The third-order valence-electron chi connectivity index (χ3n) is 3.67. The van der Waals surface area contributed by atoms with Gasteiger partial charge in [0.25, 0.3) is 0 Å². The standard InChI is InChI=1S/C20H16F3NO4/c1-26-18-10-13(8-15(11-24)19(25)27-2)6-7-17(18)28-12-14-4-3-5-16(9-14)20(21,22)23/h3-10H,12H2,1-2H3. The summed E-state index contributed by atoms with van der Waals surface area (Å²) in [6.45, 7) is -0.0962. The number of hydrogen-bond donors (Lipinski definition) is 0. The number of nitriles is 1. The average molecular weight is 391 g/mol. The fourth-order valence-electron chi connectivity index (χ4n) is 2.31. The maximum absolute atomic E-state index is 12.8. The zero-order valence-electron chi connectivity index (χ0n) is 15.0. The molecule has 2 aromatic rings. The third-order valence-corrected chi connectivity index (χ3v) is 3.67. The molecule has 0 bridgehead atoms. The van der Waals surface area contributed by atoms with E-state index in [-0.39, 0.29) is 12.2 Å². The first-order valence-corrected chi connectivity index (χ1v) is 7.95. The largest absolute Gasteiger partial charge is 0.493 e. The highest BCUT2D eigenvalue weighted by molar-refractivity contribution is 5.97. The number of esters is 1. The van der Waals surface area contributed by atoms with Crippen LogP contribution in [0.15, 0.2) is 48.0 Å². The lowest BCUT2D eigenvalue weighted by Crippen LogP contribution is -2.06. The van der Waals surface area contributed by atoms with Crippen molar-refractivity contribution >= 4 is 12.0 Å². The Labute approximate surface area is 159 Å². The average Bonchev–Trinajstić information content (AvgIpc) is 2.69. The minimum Gasteiger partial charge on any atom is -0.493 e. The number of hydrogen-bond acceptors (Lipinski definition) is 5. The smallest absolute Gasteiger partial charge is 0.416 e. The Morgan fingerprint density at radius 2 is 1.89 bits per heavy atom. The predicted molar refractivity (Wildman–Crippen MR) is 94.4 cm³/mol. The van der Waals surface area contributed by atoms with Crippen molar-refractivity contribution in [2.45, 2.75) is 12.8 Å². The van der Waals surface area contributed by atoms with Crippen LogP contribution >= 0.6 is 0 Å². The molecule has 0 aliphatic heterocycles. The summed E-state index contributed by atoms with van der Waals surface area (Å²) in [6, 6.07) is 11.2.